The van der Waals surface area contributed by atoms with Crippen molar-refractivity contribution in [2.45, 2.75) is 31.3 Å². The molecule has 1 aliphatic heterocycles. The molecule has 1 rings (SSSR count). The molecule has 110 valence electrons. The third-order valence-corrected chi connectivity index (χ3v) is 3.11. The molecule has 0 spiro atoms. The van der Waals surface area contributed by atoms with Crippen molar-refractivity contribution in [3.05, 3.63) is 12.2 Å². The highest BCUT2D eigenvalue weighted by atomic mass is 16.6. The summed E-state index contributed by atoms with van der Waals surface area (Å²) in [5.41, 5.74) is 0.350. The average molecular weight is 274 g/mol. The monoisotopic (exact) mass is 274 g/mol. The van der Waals surface area contributed by atoms with Crippen LogP contribution in [0.4, 0.5) is 0 Å². The number of ether oxygens (including phenoxy) is 5. The second kappa shape index (κ2) is 7.59. The quantitative estimate of drug-likeness (QED) is 0.520. The van der Waals surface area contributed by atoms with E-state index in [1.807, 2.05) is 0 Å². The number of carbonyl (C=O) groups excluding carboxylic acids is 1. The van der Waals surface area contributed by atoms with Gasteiger partial charge in [0.25, 0.3) is 0 Å². The van der Waals surface area contributed by atoms with Crippen LogP contribution >= 0.6 is 0 Å². The number of hydrogen-bond acceptors (Lipinski definition) is 6. The first-order chi connectivity index (χ1) is 9.04. The molecule has 0 aromatic rings. The van der Waals surface area contributed by atoms with Crippen molar-refractivity contribution in [3.8, 4) is 0 Å². The second-order valence-electron chi connectivity index (χ2n) is 4.43. The van der Waals surface area contributed by atoms with Crippen molar-refractivity contribution in [2.24, 2.45) is 0 Å². The fourth-order valence-electron chi connectivity index (χ4n) is 2.03. The molecule has 1 aliphatic rings. The minimum absolute atomic E-state index is 0.0977. The summed E-state index contributed by atoms with van der Waals surface area (Å²) in [6, 6.07) is 0. The number of rotatable bonds is 6. The van der Waals surface area contributed by atoms with Gasteiger partial charge in [0.05, 0.1) is 6.61 Å². The number of esters is 1. The van der Waals surface area contributed by atoms with E-state index >= 15 is 0 Å². The molecule has 6 heteroatoms. The minimum atomic E-state index is -0.443. The second-order valence-corrected chi connectivity index (χ2v) is 4.43. The van der Waals surface area contributed by atoms with E-state index in [4.69, 9.17) is 23.7 Å². The molecule has 0 N–H and O–H groups in total. The fraction of sp³-hybridized carbons (Fsp3) is 0.769. The molecule has 3 unspecified atom stereocenters. The van der Waals surface area contributed by atoms with Crippen molar-refractivity contribution >= 4 is 5.97 Å². The van der Waals surface area contributed by atoms with Gasteiger partial charge in [-0.2, -0.15) is 0 Å². The van der Waals surface area contributed by atoms with E-state index in [0.717, 1.165) is 0 Å². The van der Waals surface area contributed by atoms with Gasteiger partial charge in [-0.25, -0.2) is 4.79 Å². The Morgan fingerprint density at radius 3 is 2.32 bits per heavy atom. The Morgan fingerprint density at radius 1 is 1.21 bits per heavy atom. The van der Waals surface area contributed by atoms with Crippen LogP contribution in [0, 0.1) is 0 Å². The lowest BCUT2D eigenvalue weighted by atomic mass is 10.00. The Hall–Kier alpha value is -0.950. The number of carbonyl (C=O) groups is 1. The van der Waals surface area contributed by atoms with E-state index in [2.05, 4.69) is 6.58 Å². The van der Waals surface area contributed by atoms with Crippen LogP contribution in [0.2, 0.25) is 0 Å². The molecule has 0 amide bonds. The molecule has 0 saturated carbocycles. The van der Waals surface area contributed by atoms with Gasteiger partial charge in [0.15, 0.2) is 0 Å². The number of methoxy groups -OCH3 is 3. The summed E-state index contributed by atoms with van der Waals surface area (Å²) in [4.78, 5) is 11.4. The van der Waals surface area contributed by atoms with E-state index in [1.54, 1.807) is 28.3 Å². The van der Waals surface area contributed by atoms with Gasteiger partial charge in [-0.3, -0.25) is 0 Å². The van der Waals surface area contributed by atoms with E-state index in [-0.39, 0.29) is 31.0 Å². The summed E-state index contributed by atoms with van der Waals surface area (Å²) in [6.07, 6.45) is -1.22. The predicted octanol–water partition coefficient (Wildman–Crippen LogP) is 0.549. The zero-order valence-electron chi connectivity index (χ0n) is 11.9. The normalized spacial score (nSPS) is 30.9. The zero-order valence-corrected chi connectivity index (χ0v) is 11.9. The topological polar surface area (TPSA) is 63.2 Å². The van der Waals surface area contributed by atoms with Gasteiger partial charge in [-0.1, -0.05) is 6.58 Å². The van der Waals surface area contributed by atoms with Crippen molar-refractivity contribution in [3.63, 3.8) is 0 Å². The minimum Gasteiger partial charge on any atom is -0.459 e. The van der Waals surface area contributed by atoms with Gasteiger partial charge in [-0.15, -0.1) is 0 Å². The molecular formula is C13H22O6. The Bertz CT molecular complexity index is 316. The Balaban J connectivity index is 2.63. The average Bonchev–Trinajstić information content (AvgIpc) is 2.42. The third-order valence-electron chi connectivity index (χ3n) is 3.11. The molecular weight excluding hydrogens is 252 g/mol. The lowest BCUT2D eigenvalue weighted by Crippen LogP contribution is -2.56. The summed E-state index contributed by atoms with van der Waals surface area (Å²) in [5, 5.41) is 0. The van der Waals surface area contributed by atoms with Crippen LogP contribution in [0.1, 0.15) is 6.92 Å². The highest BCUT2D eigenvalue weighted by Gasteiger charge is 2.41. The van der Waals surface area contributed by atoms with Gasteiger partial charge in [-0.05, 0) is 6.92 Å². The maximum absolute atomic E-state index is 11.4. The third kappa shape index (κ3) is 4.01. The van der Waals surface area contributed by atoms with Crippen molar-refractivity contribution in [1.29, 1.82) is 0 Å². The lowest BCUT2D eigenvalue weighted by molar-refractivity contribution is -0.220. The smallest absolute Gasteiger partial charge is 0.333 e. The standard InChI is InChI=1S/C13H22O6/c1-8(2)13(14)19-7-10-12(17-5)11(16-4)9(15-3)6-18-10/h9-12H,1,6-7H2,2-5H3/t9?,10?,11?,12-/m1/s1. The van der Waals surface area contributed by atoms with Gasteiger partial charge < -0.3 is 23.7 Å². The SMILES string of the molecule is C=C(C)C(=O)OCC1OCC(OC)C(OC)[C@@H]1OC. The van der Waals surface area contributed by atoms with Crippen molar-refractivity contribution in [1.82, 2.24) is 0 Å². The molecule has 0 aromatic carbocycles. The molecule has 1 heterocycles. The summed E-state index contributed by atoms with van der Waals surface area (Å²) in [7, 11) is 4.74. The van der Waals surface area contributed by atoms with Crippen LogP contribution < -0.4 is 0 Å². The fourth-order valence-corrected chi connectivity index (χ4v) is 2.03. The lowest BCUT2D eigenvalue weighted by Gasteiger charge is -2.40. The molecule has 19 heavy (non-hydrogen) atoms. The van der Waals surface area contributed by atoms with Crippen LogP contribution in [-0.4, -0.2) is 64.9 Å². The highest BCUT2D eigenvalue weighted by molar-refractivity contribution is 5.86. The Kier molecular flexibility index (Phi) is 6.44. The summed E-state index contributed by atoms with van der Waals surface area (Å²) in [5.74, 6) is -0.443. The summed E-state index contributed by atoms with van der Waals surface area (Å²) in [6.45, 7) is 5.58. The van der Waals surface area contributed by atoms with Crippen LogP contribution in [0.3, 0.4) is 0 Å². The van der Waals surface area contributed by atoms with Crippen LogP contribution in [0.15, 0.2) is 12.2 Å². The van der Waals surface area contributed by atoms with Crippen LogP contribution in [0.5, 0.6) is 0 Å². The first kappa shape index (κ1) is 16.1. The zero-order chi connectivity index (χ0) is 14.4. The van der Waals surface area contributed by atoms with Gasteiger partial charge in [0.2, 0.25) is 0 Å². The predicted molar refractivity (Wildman–Crippen MR) is 67.9 cm³/mol. The molecule has 0 radical (unpaired) electrons. The highest BCUT2D eigenvalue weighted by Crippen LogP contribution is 2.22. The van der Waals surface area contributed by atoms with Crippen LogP contribution in [-0.2, 0) is 28.5 Å². The Morgan fingerprint density at radius 2 is 1.84 bits per heavy atom. The van der Waals surface area contributed by atoms with E-state index in [0.29, 0.717) is 12.2 Å². The summed E-state index contributed by atoms with van der Waals surface area (Å²) >= 11 is 0. The maximum atomic E-state index is 11.4. The molecule has 1 fully saturated rings. The summed E-state index contributed by atoms with van der Waals surface area (Å²) < 4.78 is 26.8. The van der Waals surface area contributed by atoms with E-state index < -0.39 is 5.97 Å². The van der Waals surface area contributed by atoms with Gasteiger partial charge in [0.1, 0.15) is 31.0 Å². The van der Waals surface area contributed by atoms with E-state index in [9.17, 15) is 4.79 Å². The van der Waals surface area contributed by atoms with Crippen LogP contribution in [0.25, 0.3) is 0 Å². The maximum Gasteiger partial charge on any atom is 0.333 e. The largest absolute Gasteiger partial charge is 0.459 e. The number of hydrogen-bond donors (Lipinski definition) is 0. The first-order valence-electron chi connectivity index (χ1n) is 6.07. The first-order valence-corrected chi connectivity index (χ1v) is 6.07. The Labute approximate surface area is 113 Å². The van der Waals surface area contributed by atoms with Gasteiger partial charge >= 0.3 is 5.97 Å². The van der Waals surface area contributed by atoms with Gasteiger partial charge in [0, 0.05) is 26.9 Å². The molecule has 6 nitrogen and oxygen atoms in total. The molecule has 0 aromatic heterocycles. The van der Waals surface area contributed by atoms with Crippen molar-refractivity contribution in [2.75, 3.05) is 34.5 Å². The molecule has 0 bridgehead atoms. The molecule has 4 atom stereocenters. The molecule has 0 aliphatic carbocycles. The van der Waals surface area contributed by atoms with E-state index in [1.165, 1.54) is 0 Å². The van der Waals surface area contributed by atoms with Crippen molar-refractivity contribution < 1.29 is 28.5 Å². The molecule has 1 saturated heterocycles.